The van der Waals surface area contributed by atoms with Gasteiger partial charge in [-0.25, -0.2) is 8.42 Å². The zero-order chi connectivity index (χ0) is 19.6. The molecule has 0 saturated heterocycles. The maximum absolute atomic E-state index is 13.0. The number of amides is 1. The summed E-state index contributed by atoms with van der Waals surface area (Å²) < 4.78 is 27.0. The largest absolute Gasteiger partial charge is 0.350 e. The molecule has 28 heavy (non-hydrogen) atoms. The Morgan fingerprint density at radius 1 is 0.964 bits per heavy atom. The first-order chi connectivity index (χ1) is 13.3. The van der Waals surface area contributed by atoms with Crippen molar-refractivity contribution in [1.82, 2.24) is 5.32 Å². The van der Waals surface area contributed by atoms with Gasteiger partial charge in [-0.3, -0.25) is 4.79 Å². The van der Waals surface area contributed by atoms with E-state index in [1.54, 1.807) is 24.3 Å². The van der Waals surface area contributed by atoms with Crippen LogP contribution < -0.4 is 5.32 Å². The Bertz CT molecular complexity index is 876. The molecule has 5 saturated carbocycles. The van der Waals surface area contributed by atoms with Crippen LogP contribution in [0.25, 0.3) is 0 Å². The molecular formula is C22H28BrNO3S. The van der Waals surface area contributed by atoms with Gasteiger partial charge in [-0.1, -0.05) is 15.9 Å². The second-order valence-electron chi connectivity index (χ2n) is 9.84. The van der Waals surface area contributed by atoms with Gasteiger partial charge in [-0.05, 0) is 99.3 Å². The third-order valence-electron chi connectivity index (χ3n) is 8.15. The Balaban J connectivity index is 1.30. The molecular weight excluding hydrogens is 438 g/mol. The molecule has 5 aliphatic carbocycles. The van der Waals surface area contributed by atoms with Crippen LogP contribution in [0.5, 0.6) is 0 Å². The lowest BCUT2D eigenvalue weighted by molar-refractivity contribution is -0.126. The summed E-state index contributed by atoms with van der Waals surface area (Å²) >= 11 is 3.38. The van der Waals surface area contributed by atoms with Gasteiger partial charge in [0.05, 0.1) is 10.6 Å². The van der Waals surface area contributed by atoms with Crippen molar-refractivity contribution in [3.63, 3.8) is 0 Å². The number of hydrogen-bond donors (Lipinski definition) is 1. The number of carbonyl (C=O) groups excluding carboxylic acids is 1. The first kappa shape index (κ1) is 19.1. The van der Waals surface area contributed by atoms with Crippen molar-refractivity contribution in [1.29, 1.82) is 0 Å². The second-order valence-corrected chi connectivity index (χ2v) is 12.7. The summed E-state index contributed by atoms with van der Waals surface area (Å²) in [5.74, 6) is 0.794. The van der Waals surface area contributed by atoms with Crippen LogP contribution in [0, 0.1) is 16.7 Å². The number of fused-ring (bicyclic) bond motifs is 3. The molecule has 152 valence electrons. The summed E-state index contributed by atoms with van der Waals surface area (Å²) in [6.07, 6.45) is 10.4. The Morgan fingerprint density at radius 2 is 1.54 bits per heavy atom. The van der Waals surface area contributed by atoms with E-state index in [2.05, 4.69) is 21.2 Å². The summed E-state index contributed by atoms with van der Waals surface area (Å²) in [5, 5.41) is 3.45. The fraction of sp³-hybridized carbons (Fsp3) is 0.682. The van der Waals surface area contributed by atoms with Crippen LogP contribution >= 0.6 is 15.9 Å². The summed E-state index contributed by atoms with van der Waals surface area (Å²) in [6, 6.07) is 7.02. The van der Waals surface area contributed by atoms with Gasteiger partial charge >= 0.3 is 0 Å². The minimum Gasteiger partial charge on any atom is -0.350 e. The molecule has 5 fully saturated rings. The Labute approximate surface area is 175 Å². The molecule has 4 nitrogen and oxygen atoms in total. The third-order valence-corrected chi connectivity index (χ3v) is 10.7. The highest BCUT2D eigenvalue weighted by molar-refractivity contribution is 9.10. The molecule has 2 bridgehead atoms. The molecule has 0 radical (unpaired) electrons. The number of hydrogen-bond acceptors (Lipinski definition) is 3. The highest BCUT2D eigenvalue weighted by atomic mass is 79.9. The van der Waals surface area contributed by atoms with Crippen molar-refractivity contribution >= 4 is 31.7 Å². The van der Waals surface area contributed by atoms with Crippen LogP contribution in [0.2, 0.25) is 0 Å². The molecule has 0 heterocycles. The first-order valence-corrected chi connectivity index (χ1v) is 13.0. The number of benzene rings is 1. The third kappa shape index (κ3) is 3.15. The van der Waals surface area contributed by atoms with E-state index in [4.69, 9.17) is 0 Å². The smallest absolute Gasteiger partial charge is 0.223 e. The van der Waals surface area contributed by atoms with Crippen molar-refractivity contribution in [2.75, 3.05) is 5.75 Å². The van der Waals surface area contributed by atoms with E-state index in [0.717, 1.165) is 68.7 Å². The molecule has 1 amide bonds. The van der Waals surface area contributed by atoms with Crippen LogP contribution in [0.4, 0.5) is 0 Å². The van der Waals surface area contributed by atoms with Gasteiger partial charge in [0, 0.05) is 15.9 Å². The monoisotopic (exact) mass is 465 g/mol. The summed E-state index contributed by atoms with van der Waals surface area (Å²) in [5.41, 5.74) is 0.148. The van der Waals surface area contributed by atoms with Crippen LogP contribution in [0.15, 0.2) is 33.6 Å². The Kier molecular flexibility index (Phi) is 4.30. The standard InChI is InChI=1S/C22H28BrNO3S/c23-17-3-5-18(6-4-17)28(26,27)15-20-7-10-21(11-8-20,12-9-20)22(13-14-22)24-19(25)16-1-2-16/h3-6,16H,1-2,7-15H2,(H,24,25). The van der Waals surface area contributed by atoms with Crippen LogP contribution in [-0.2, 0) is 14.6 Å². The van der Waals surface area contributed by atoms with Crippen LogP contribution in [0.3, 0.4) is 0 Å². The van der Waals surface area contributed by atoms with E-state index >= 15 is 0 Å². The number of nitrogens with one attached hydrogen (secondary N) is 1. The van der Waals surface area contributed by atoms with Crippen LogP contribution in [-0.4, -0.2) is 25.6 Å². The molecule has 5 aliphatic rings. The predicted octanol–water partition coefficient (Wildman–Crippen LogP) is 4.62. The fourth-order valence-corrected chi connectivity index (χ4v) is 8.14. The normalized spacial score (nSPS) is 33.5. The molecule has 0 unspecified atom stereocenters. The average molecular weight is 466 g/mol. The van der Waals surface area contributed by atoms with Gasteiger partial charge < -0.3 is 5.32 Å². The van der Waals surface area contributed by atoms with Crippen molar-refractivity contribution in [2.24, 2.45) is 16.7 Å². The number of carbonyl (C=O) groups is 1. The van der Waals surface area contributed by atoms with Gasteiger partial charge in [0.1, 0.15) is 0 Å². The summed E-state index contributed by atoms with van der Waals surface area (Å²) in [6.45, 7) is 0. The highest BCUT2D eigenvalue weighted by Gasteiger charge is 2.64. The molecule has 1 N–H and O–H groups in total. The molecule has 0 aromatic heterocycles. The van der Waals surface area contributed by atoms with Crippen molar-refractivity contribution in [2.45, 2.75) is 74.6 Å². The SMILES string of the molecule is O=C(NC1(C23CCC(CS(=O)(=O)c4ccc(Br)cc4)(CC2)CC3)CC1)C1CC1. The average Bonchev–Trinajstić information content (AvgIpc) is 3.57. The van der Waals surface area contributed by atoms with Crippen molar-refractivity contribution in [3.8, 4) is 0 Å². The molecule has 6 heteroatoms. The van der Waals surface area contributed by atoms with Gasteiger partial charge in [0.2, 0.25) is 5.91 Å². The number of sulfone groups is 1. The minimum absolute atomic E-state index is 0.0177. The molecule has 6 rings (SSSR count). The highest BCUT2D eigenvalue weighted by Crippen LogP contribution is 2.67. The lowest BCUT2D eigenvalue weighted by Gasteiger charge is -2.57. The zero-order valence-electron chi connectivity index (χ0n) is 16.2. The van der Waals surface area contributed by atoms with E-state index in [1.807, 2.05) is 0 Å². The van der Waals surface area contributed by atoms with Gasteiger partial charge in [-0.15, -0.1) is 0 Å². The van der Waals surface area contributed by atoms with Crippen molar-refractivity contribution < 1.29 is 13.2 Å². The molecule has 1 aromatic rings. The molecule has 0 aliphatic heterocycles. The minimum atomic E-state index is -3.27. The summed E-state index contributed by atoms with van der Waals surface area (Å²) in [4.78, 5) is 12.8. The maximum Gasteiger partial charge on any atom is 0.223 e. The quantitative estimate of drug-likeness (QED) is 0.666. The lowest BCUT2D eigenvalue weighted by atomic mass is 9.51. The van der Waals surface area contributed by atoms with Crippen LogP contribution in [0.1, 0.15) is 64.2 Å². The lowest BCUT2D eigenvalue weighted by Crippen LogP contribution is -2.57. The van der Waals surface area contributed by atoms with E-state index in [-0.39, 0.29) is 33.9 Å². The first-order valence-electron chi connectivity index (χ1n) is 10.6. The molecule has 1 aromatic carbocycles. The van der Waals surface area contributed by atoms with E-state index in [0.29, 0.717) is 4.90 Å². The van der Waals surface area contributed by atoms with Gasteiger partial charge in [0.25, 0.3) is 0 Å². The number of rotatable bonds is 6. The van der Waals surface area contributed by atoms with Crippen molar-refractivity contribution in [3.05, 3.63) is 28.7 Å². The zero-order valence-corrected chi connectivity index (χ0v) is 18.6. The molecule has 0 spiro atoms. The van der Waals surface area contributed by atoms with Gasteiger partial charge in [0.15, 0.2) is 9.84 Å². The van der Waals surface area contributed by atoms with E-state index in [9.17, 15) is 13.2 Å². The fourth-order valence-electron chi connectivity index (χ4n) is 5.92. The van der Waals surface area contributed by atoms with E-state index < -0.39 is 9.84 Å². The van der Waals surface area contributed by atoms with E-state index in [1.165, 1.54) is 0 Å². The van der Waals surface area contributed by atoms with Gasteiger partial charge in [-0.2, -0.15) is 0 Å². The molecule has 0 atom stereocenters. The number of halogens is 1. The topological polar surface area (TPSA) is 63.2 Å². The Hall–Kier alpha value is -0.880. The predicted molar refractivity (Wildman–Crippen MR) is 112 cm³/mol. The maximum atomic E-state index is 13.0. The summed E-state index contributed by atoms with van der Waals surface area (Å²) in [7, 11) is -3.27. The Morgan fingerprint density at radius 3 is 2.04 bits per heavy atom. The second kappa shape index (κ2) is 6.31.